The Morgan fingerprint density at radius 3 is 1.66 bits per heavy atom. The van der Waals surface area contributed by atoms with Crippen molar-refractivity contribution in [2.75, 3.05) is 0 Å². The molecule has 0 aliphatic heterocycles. The lowest BCUT2D eigenvalue weighted by Gasteiger charge is -2.21. The molecule has 0 bridgehead atoms. The fraction of sp³-hybridized carbons (Fsp3) is 0.0612. The zero-order valence-corrected chi connectivity index (χ0v) is 28.0. The fourth-order valence-electron chi connectivity index (χ4n) is 9.11. The Hall–Kier alpha value is -6.18. The molecule has 1 nitrogen and oxygen atoms in total. The maximum absolute atomic E-state index is 2.44. The molecule has 2 aliphatic carbocycles. The topological polar surface area (TPSA) is 4.93 Å². The van der Waals surface area contributed by atoms with Gasteiger partial charge in [-0.15, -0.1) is 0 Å². The average molecular weight is 636 g/mol. The molecule has 0 unspecified atom stereocenters. The van der Waals surface area contributed by atoms with Crippen LogP contribution >= 0.6 is 0 Å². The highest BCUT2D eigenvalue weighted by molar-refractivity contribution is 6.16. The van der Waals surface area contributed by atoms with E-state index in [2.05, 4.69) is 182 Å². The van der Waals surface area contributed by atoms with Gasteiger partial charge < -0.3 is 4.57 Å². The highest BCUT2D eigenvalue weighted by atomic mass is 15.0. The molecule has 234 valence electrons. The van der Waals surface area contributed by atoms with E-state index >= 15 is 0 Å². The van der Waals surface area contributed by atoms with Crippen LogP contribution in [-0.2, 0) is 5.41 Å². The van der Waals surface area contributed by atoms with Crippen molar-refractivity contribution in [1.82, 2.24) is 4.57 Å². The third-order valence-electron chi connectivity index (χ3n) is 11.5. The van der Waals surface area contributed by atoms with E-state index < -0.39 is 0 Å². The average Bonchev–Trinajstić information content (AvgIpc) is 3.75. The number of nitrogens with zero attached hydrogens (tertiary/aromatic N) is 1. The van der Waals surface area contributed by atoms with Crippen molar-refractivity contribution in [3.8, 4) is 61.3 Å². The van der Waals surface area contributed by atoms with E-state index in [0.717, 1.165) is 0 Å². The summed E-state index contributed by atoms with van der Waals surface area (Å²) in [5.74, 6) is 0. The second-order valence-electron chi connectivity index (χ2n) is 14.5. The number of para-hydroxylation sites is 2. The Morgan fingerprint density at radius 1 is 0.380 bits per heavy atom. The smallest absolute Gasteiger partial charge is 0.0541 e. The third-order valence-corrected chi connectivity index (χ3v) is 11.5. The lowest BCUT2D eigenvalue weighted by atomic mass is 9.82. The molecule has 0 atom stereocenters. The second-order valence-corrected chi connectivity index (χ2v) is 14.5. The molecule has 8 aromatic carbocycles. The van der Waals surface area contributed by atoms with E-state index in [9.17, 15) is 0 Å². The monoisotopic (exact) mass is 635 g/mol. The molecule has 2 aliphatic rings. The summed E-state index contributed by atoms with van der Waals surface area (Å²) >= 11 is 0. The van der Waals surface area contributed by atoms with Crippen LogP contribution in [0.1, 0.15) is 25.0 Å². The second kappa shape index (κ2) is 9.94. The van der Waals surface area contributed by atoms with Gasteiger partial charge in [-0.25, -0.2) is 0 Å². The van der Waals surface area contributed by atoms with Crippen LogP contribution in [0.25, 0.3) is 93.9 Å². The van der Waals surface area contributed by atoms with Gasteiger partial charge in [0.15, 0.2) is 0 Å². The van der Waals surface area contributed by atoms with Crippen molar-refractivity contribution in [3.63, 3.8) is 0 Å². The summed E-state index contributed by atoms with van der Waals surface area (Å²) in [7, 11) is 0. The van der Waals surface area contributed by atoms with Gasteiger partial charge in [-0.1, -0.05) is 129 Å². The van der Waals surface area contributed by atoms with Gasteiger partial charge in [0.05, 0.1) is 11.0 Å². The van der Waals surface area contributed by atoms with Gasteiger partial charge >= 0.3 is 0 Å². The SMILES string of the molecule is CC1(C)c2ccc(-c3ccc4c(c3)-c3cccc5cccc-4c35)cc2-c2cc(-c3ccc4c(c3)c3ccccc3n4-c3ccccc3)ccc21. The van der Waals surface area contributed by atoms with Crippen LogP contribution in [-0.4, -0.2) is 4.57 Å². The number of hydrogen-bond donors (Lipinski definition) is 0. The first-order valence-corrected chi connectivity index (χ1v) is 17.6. The maximum atomic E-state index is 2.44. The van der Waals surface area contributed by atoms with E-state index in [1.54, 1.807) is 0 Å². The first-order valence-electron chi connectivity index (χ1n) is 17.6. The Kier molecular flexibility index (Phi) is 5.51. The molecule has 0 spiro atoms. The lowest BCUT2D eigenvalue weighted by molar-refractivity contribution is 0.660. The van der Waals surface area contributed by atoms with Crippen LogP contribution in [0.4, 0.5) is 0 Å². The molecule has 0 saturated heterocycles. The molecule has 11 rings (SSSR count). The molecular weight excluding hydrogens is 603 g/mol. The molecule has 0 amide bonds. The molecule has 0 radical (unpaired) electrons. The third kappa shape index (κ3) is 3.72. The number of rotatable bonds is 3. The highest BCUT2D eigenvalue weighted by Crippen LogP contribution is 2.52. The summed E-state index contributed by atoms with van der Waals surface area (Å²) in [5.41, 5.74) is 19.4. The van der Waals surface area contributed by atoms with Gasteiger partial charge in [-0.3, -0.25) is 0 Å². The standard InChI is InChI=1S/C49H33N/c1-49(2)44-23-19-32(31-18-22-36-38-15-8-10-30-11-9-16-39(48(30)38)40(36)26-31)27-41(44)42-28-33(20-24-45(42)49)34-21-25-47-43(29-34)37-14-6-7-17-46(37)50(47)35-12-4-3-5-13-35/h3-29H,1-2H3. The largest absolute Gasteiger partial charge is 0.309 e. The van der Waals surface area contributed by atoms with Crippen LogP contribution in [0.2, 0.25) is 0 Å². The van der Waals surface area contributed by atoms with Crippen LogP contribution in [0.3, 0.4) is 0 Å². The minimum absolute atomic E-state index is 0.0655. The zero-order chi connectivity index (χ0) is 33.1. The molecule has 0 saturated carbocycles. The predicted molar refractivity (Wildman–Crippen MR) is 211 cm³/mol. The normalized spacial score (nSPS) is 13.6. The van der Waals surface area contributed by atoms with Gasteiger partial charge in [-0.2, -0.15) is 0 Å². The van der Waals surface area contributed by atoms with Crippen molar-refractivity contribution < 1.29 is 0 Å². The van der Waals surface area contributed by atoms with Gasteiger partial charge in [0.25, 0.3) is 0 Å². The number of fused-ring (bicyclic) bond motifs is 9. The number of aromatic nitrogens is 1. The summed E-state index contributed by atoms with van der Waals surface area (Å²) in [6.45, 7) is 4.74. The van der Waals surface area contributed by atoms with Crippen LogP contribution in [0.15, 0.2) is 164 Å². The molecule has 1 aromatic heterocycles. The lowest BCUT2D eigenvalue weighted by Crippen LogP contribution is -2.14. The van der Waals surface area contributed by atoms with Gasteiger partial charge in [0.1, 0.15) is 0 Å². The minimum Gasteiger partial charge on any atom is -0.309 e. The van der Waals surface area contributed by atoms with Gasteiger partial charge in [-0.05, 0) is 126 Å². The van der Waals surface area contributed by atoms with Crippen LogP contribution in [0, 0.1) is 0 Å². The minimum atomic E-state index is -0.0655. The van der Waals surface area contributed by atoms with E-state index in [4.69, 9.17) is 0 Å². The summed E-state index contributed by atoms with van der Waals surface area (Å²) < 4.78 is 2.38. The molecule has 0 fully saturated rings. The summed E-state index contributed by atoms with van der Waals surface area (Å²) in [4.78, 5) is 0. The summed E-state index contributed by atoms with van der Waals surface area (Å²) in [6, 6.07) is 61.1. The highest BCUT2D eigenvalue weighted by Gasteiger charge is 2.36. The van der Waals surface area contributed by atoms with E-state index in [1.807, 2.05) is 0 Å². The van der Waals surface area contributed by atoms with Crippen molar-refractivity contribution in [1.29, 1.82) is 0 Å². The van der Waals surface area contributed by atoms with Crippen molar-refractivity contribution >= 4 is 32.6 Å². The Bertz CT molecular complexity index is 2880. The van der Waals surface area contributed by atoms with Crippen molar-refractivity contribution in [2.45, 2.75) is 19.3 Å². The Morgan fingerprint density at radius 2 is 0.940 bits per heavy atom. The van der Waals surface area contributed by atoms with Gasteiger partial charge in [0, 0.05) is 21.9 Å². The van der Waals surface area contributed by atoms with E-state index in [1.165, 1.54) is 105 Å². The molecular formula is C49H33N. The number of hydrogen-bond acceptors (Lipinski definition) is 0. The molecule has 0 N–H and O–H groups in total. The van der Waals surface area contributed by atoms with Crippen molar-refractivity contribution in [3.05, 3.63) is 175 Å². The number of benzene rings is 8. The first kappa shape index (κ1) is 27.7. The summed E-state index contributed by atoms with van der Waals surface area (Å²) in [6.07, 6.45) is 0. The predicted octanol–water partition coefficient (Wildman–Crippen LogP) is 13.2. The van der Waals surface area contributed by atoms with Crippen LogP contribution in [0.5, 0.6) is 0 Å². The van der Waals surface area contributed by atoms with Crippen molar-refractivity contribution in [2.24, 2.45) is 0 Å². The Labute approximate surface area is 291 Å². The quantitative estimate of drug-likeness (QED) is 0.182. The first-order chi connectivity index (χ1) is 24.5. The maximum Gasteiger partial charge on any atom is 0.0541 e. The van der Waals surface area contributed by atoms with Gasteiger partial charge in [0.2, 0.25) is 0 Å². The molecule has 50 heavy (non-hydrogen) atoms. The summed E-state index contributed by atoms with van der Waals surface area (Å²) in [5, 5.41) is 5.24. The molecule has 9 aromatic rings. The Balaban J connectivity index is 1.04. The van der Waals surface area contributed by atoms with E-state index in [-0.39, 0.29) is 5.41 Å². The van der Waals surface area contributed by atoms with Crippen LogP contribution < -0.4 is 0 Å². The molecule has 1 heterocycles. The van der Waals surface area contributed by atoms with E-state index in [0.29, 0.717) is 0 Å². The fourth-order valence-corrected chi connectivity index (χ4v) is 9.11. The molecule has 1 heteroatoms. The zero-order valence-electron chi connectivity index (χ0n) is 28.0.